The number of nitrogen functional groups attached to an aromatic ring is 1. The number of anilines is 1. The lowest BCUT2D eigenvalue weighted by Gasteiger charge is -2.10. The van der Waals surface area contributed by atoms with Crippen LogP contribution in [0.5, 0.6) is 0 Å². The number of aldehydes is 1. The predicted molar refractivity (Wildman–Crippen MR) is 66.4 cm³/mol. The summed E-state index contributed by atoms with van der Waals surface area (Å²) in [6.07, 6.45) is 0.705. The maximum absolute atomic E-state index is 13.2. The van der Waals surface area contributed by atoms with Crippen LogP contribution in [-0.2, 0) is 0 Å². The van der Waals surface area contributed by atoms with E-state index in [4.69, 9.17) is 5.73 Å². The van der Waals surface area contributed by atoms with Gasteiger partial charge in [0.1, 0.15) is 5.82 Å². The van der Waals surface area contributed by atoms with Gasteiger partial charge in [0.2, 0.25) is 0 Å². The van der Waals surface area contributed by atoms with E-state index in [9.17, 15) is 9.18 Å². The normalized spacial score (nSPS) is 10.2. The molecule has 3 heteroatoms. The molecule has 17 heavy (non-hydrogen) atoms. The SMILES string of the molecule is Cc1cccc(-c2cc(F)ccc2C=O)c1N. The van der Waals surface area contributed by atoms with Crippen LogP contribution < -0.4 is 5.73 Å². The van der Waals surface area contributed by atoms with Crippen LogP contribution >= 0.6 is 0 Å². The first-order valence-electron chi connectivity index (χ1n) is 5.23. The molecule has 2 aromatic rings. The van der Waals surface area contributed by atoms with Crippen LogP contribution in [0.25, 0.3) is 11.1 Å². The Hall–Kier alpha value is -2.16. The Morgan fingerprint density at radius 3 is 2.65 bits per heavy atom. The van der Waals surface area contributed by atoms with Gasteiger partial charge in [-0.05, 0) is 36.2 Å². The molecule has 0 spiro atoms. The van der Waals surface area contributed by atoms with Crippen molar-refractivity contribution in [2.75, 3.05) is 5.73 Å². The molecule has 0 radical (unpaired) electrons. The number of halogens is 1. The summed E-state index contributed by atoms with van der Waals surface area (Å²) in [6.45, 7) is 1.87. The van der Waals surface area contributed by atoms with Crippen LogP contribution in [-0.4, -0.2) is 6.29 Å². The van der Waals surface area contributed by atoms with Crippen LogP contribution in [0.4, 0.5) is 10.1 Å². The maximum atomic E-state index is 13.2. The molecule has 0 aliphatic rings. The molecule has 0 bridgehead atoms. The standard InChI is InChI=1S/C14H12FNO/c1-9-3-2-4-12(14(9)16)13-7-11(15)6-5-10(13)8-17/h2-8H,16H2,1H3. The third kappa shape index (κ3) is 2.04. The summed E-state index contributed by atoms with van der Waals surface area (Å²) < 4.78 is 13.2. The maximum Gasteiger partial charge on any atom is 0.150 e. The number of aryl methyl sites for hydroxylation is 1. The van der Waals surface area contributed by atoms with E-state index >= 15 is 0 Å². The van der Waals surface area contributed by atoms with E-state index in [1.807, 2.05) is 19.1 Å². The molecule has 0 saturated heterocycles. The fraction of sp³-hybridized carbons (Fsp3) is 0.0714. The summed E-state index contributed by atoms with van der Waals surface area (Å²) in [5, 5.41) is 0. The fourth-order valence-corrected chi connectivity index (χ4v) is 1.78. The van der Waals surface area contributed by atoms with Crippen LogP contribution in [0.3, 0.4) is 0 Å². The minimum atomic E-state index is -0.383. The summed E-state index contributed by atoms with van der Waals surface area (Å²) in [5.41, 5.74) is 9.08. The van der Waals surface area contributed by atoms with E-state index < -0.39 is 0 Å². The van der Waals surface area contributed by atoms with Crippen molar-refractivity contribution in [2.24, 2.45) is 0 Å². The largest absolute Gasteiger partial charge is 0.398 e. The van der Waals surface area contributed by atoms with E-state index in [2.05, 4.69) is 0 Å². The van der Waals surface area contributed by atoms with E-state index in [0.29, 0.717) is 28.7 Å². The van der Waals surface area contributed by atoms with Gasteiger partial charge in [0, 0.05) is 16.8 Å². The average Bonchev–Trinajstić information content (AvgIpc) is 2.33. The first kappa shape index (κ1) is 11.3. The smallest absolute Gasteiger partial charge is 0.150 e. The number of nitrogens with two attached hydrogens (primary N) is 1. The summed E-state index contributed by atoms with van der Waals surface area (Å²) >= 11 is 0. The average molecular weight is 229 g/mol. The Labute approximate surface area is 98.9 Å². The van der Waals surface area contributed by atoms with Gasteiger partial charge in [-0.25, -0.2) is 4.39 Å². The Morgan fingerprint density at radius 2 is 1.94 bits per heavy atom. The number of carbonyl (C=O) groups is 1. The lowest BCUT2D eigenvalue weighted by Crippen LogP contribution is -1.96. The van der Waals surface area contributed by atoms with Crippen molar-refractivity contribution >= 4 is 12.0 Å². The van der Waals surface area contributed by atoms with Crippen molar-refractivity contribution < 1.29 is 9.18 Å². The number of carbonyl (C=O) groups excluding carboxylic acids is 1. The number of para-hydroxylation sites is 1. The van der Waals surface area contributed by atoms with Gasteiger partial charge in [-0.1, -0.05) is 18.2 Å². The Balaban J connectivity index is 2.71. The van der Waals surface area contributed by atoms with Gasteiger partial charge in [0.25, 0.3) is 0 Å². The van der Waals surface area contributed by atoms with Crippen LogP contribution in [0.1, 0.15) is 15.9 Å². The van der Waals surface area contributed by atoms with Crippen molar-refractivity contribution in [1.82, 2.24) is 0 Å². The zero-order valence-corrected chi connectivity index (χ0v) is 9.41. The lowest BCUT2D eigenvalue weighted by molar-refractivity contribution is 0.112. The second kappa shape index (κ2) is 4.37. The monoisotopic (exact) mass is 229 g/mol. The Morgan fingerprint density at radius 1 is 1.18 bits per heavy atom. The van der Waals surface area contributed by atoms with Gasteiger partial charge < -0.3 is 5.73 Å². The molecule has 0 amide bonds. The molecule has 2 rings (SSSR count). The van der Waals surface area contributed by atoms with Crippen LogP contribution in [0.15, 0.2) is 36.4 Å². The van der Waals surface area contributed by atoms with Gasteiger partial charge >= 0.3 is 0 Å². The molecule has 0 fully saturated rings. The van der Waals surface area contributed by atoms with Crippen molar-refractivity contribution in [3.8, 4) is 11.1 Å². The first-order chi connectivity index (χ1) is 8.13. The van der Waals surface area contributed by atoms with Gasteiger partial charge in [0.05, 0.1) is 0 Å². The van der Waals surface area contributed by atoms with E-state index in [1.54, 1.807) is 6.07 Å². The van der Waals surface area contributed by atoms with Crippen LogP contribution in [0.2, 0.25) is 0 Å². The fourth-order valence-electron chi connectivity index (χ4n) is 1.78. The zero-order valence-electron chi connectivity index (χ0n) is 9.41. The van der Waals surface area contributed by atoms with Gasteiger partial charge in [0.15, 0.2) is 6.29 Å². The molecule has 2 nitrogen and oxygen atoms in total. The van der Waals surface area contributed by atoms with Crippen molar-refractivity contribution in [3.05, 3.63) is 53.3 Å². The molecule has 2 aromatic carbocycles. The zero-order chi connectivity index (χ0) is 12.4. The van der Waals surface area contributed by atoms with Crippen molar-refractivity contribution in [3.63, 3.8) is 0 Å². The third-order valence-electron chi connectivity index (χ3n) is 2.76. The highest BCUT2D eigenvalue weighted by Gasteiger charge is 2.10. The predicted octanol–water partition coefficient (Wildman–Crippen LogP) is 3.20. The molecule has 0 heterocycles. The quantitative estimate of drug-likeness (QED) is 0.634. The molecule has 0 aliphatic heterocycles. The second-order valence-electron chi connectivity index (χ2n) is 3.89. The number of benzene rings is 2. The third-order valence-corrected chi connectivity index (χ3v) is 2.76. The summed E-state index contributed by atoms with van der Waals surface area (Å²) in [7, 11) is 0. The van der Waals surface area contributed by atoms with Gasteiger partial charge in [-0.3, -0.25) is 4.79 Å². The topological polar surface area (TPSA) is 43.1 Å². The Bertz CT molecular complexity index is 578. The first-order valence-corrected chi connectivity index (χ1v) is 5.23. The molecule has 0 atom stereocenters. The van der Waals surface area contributed by atoms with E-state index in [0.717, 1.165) is 5.56 Å². The van der Waals surface area contributed by atoms with Gasteiger partial charge in [-0.2, -0.15) is 0 Å². The molecule has 2 N–H and O–H groups in total. The molecular weight excluding hydrogens is 217 g/mol. The number of hydrogen-bond donors (Lipinski definition) is 1. The number of rotatable bonds is 2. The summed E-state index contributed by atoms with van der Waals surface area (Å²) in [6, 6.07) is 9.54. The highest BCUT2D eigenvalue weighted by molar-refractivity contribution is 5.91. The van der Waals surface area contributed by atoms with Crippen molar-refractivity contribution in [2.45, 2.75) is 6.92 Å². The molecule has 0 saturated carbocycles. The van der Waals surface area contributed by atoms with Crippen molar-refractivity contribution in [1.29, 1.82) is 0 Å². The van der Waals surface area contributed by atoms with Crippen LogP contribution in [0, 0.1) is 12.7 Å². The lowest BCUT2D eigenvalue weighted by atomic mass is 9.97. The molecule has 86 valence electrons. The van der Waals surface area contributed by atoms with E-state index in [-0.39, 0.29) is 5.82 Å². The minimum absolute atomic E-state index is 0.383. The molecular formula is C14H12FNO. The summed E-state index contributed by atoms with van der Waals surface area (Å²) in [5.74, 6) is -0.383. The highest BCUT2D eigenvalue weighted by Crippen LogP contribution is 2.30. The number of hydrogen-bond acceptors (Lipinski definition) is 2. The highest BCUT2D eigenvalue weighted by atomic mass is 19.1. The molecule has 0 unspecified atom stereocenters. The second-order valence-corrected chi connectivity index (χ2v) is 3.89. The Kier molecular flexibility index (Phi) is 2.91. The molecule has 0 aliphatic carbocycles. The molecule has 0 aromatic heterocycles. The van der Waals surface area contributed by atoms with E-state index in [1.165, 1.54) is 18.2 Å². The minimum Gasteiger partial charge on any atom is -0.398 e. The van der Waals surface area contributed by atoms with Gasteiger partial charge in [-0.15, -0.1) is 0 Å². The summed E-state index contributed by atoms with van der Waals surface area (Å²) in [4.78, 5) is 10.9.